The molecule has 0 aliphatic carbocycles. The Kier molecular flexibility index (Phi) is 6.85. The molecule has 0 bridgehead atoms. The summed E-state index contributed by atoms with van der Waals surface area (Å²) in [5.41, 5.74) is 2.25. The van der Waals surface area contributed by atoms with Gasteiger partial charge in [-0.25, -0.2) is 9.37 Å². The van der Waals surface area contributed by atoms with Gasteiger partial charge in [0.05, 0.1) is 12.7 Å². The fourth-order valence-electron chi connectivity index (χ4n) is 3.37. The molecule has 8 heteroatoms. The number of thiophene rings is 1. The molecule has 4 aromatic rings. The van der Waals surface area contributed by atoms with Crippen LogP contribution in [0.5, 0.6) is 0 Å². The highest BCUT2D eigenvalue weighted by molar-refractivity contribution is 7.09. The van der Waals surface area contributed by atoms with Crippen LogP contribution in [0.4, 0.5) is 10.1 Å². The van der Waals surface area contributed by atoms with Crippen LogP contribution in [0.1, 0.15) is 32.5 Å². The largest absolute Gasteiger partial charge is 0.324 e. The number of anilines is 1. The van der Waals surface area contributed by atoms with Crippen LogP contribution in [0.2, 0.25) is 0 Å². The maximum atomic E-state index is 13.6. The van der Waals surface area contributed by atoms with Crippen molar-refractivity contribution in [3.8, 4) is 0 Å². The van der Waals surface area contributed by atoms with Crippen molar-refractivity contribution in [1.82, 2.24) is 14.9 Å². The lowest BCUT2D eigenvalue weighted by Crippen LogP contribution is -2.41. The molecule has 6 nitrogen and oxygen atoms in total. The van der Waals surface area contributed by atoms with Crippen molar-refractivity contribution in [3.05, 3.63) is 112 Å². The molecule has 0 spiro atoms. The van der Waals surface area contributed by atoms with E-state index in [1.807, 2.05) is 48.7 Å². The Morgan fingerprint density at radius 3 is 2.45 bits per heavy atom. The molecule has 1 atom stereocenters. The van der Waals surface area contributed by atoms with E-state index >= 15 is 0 Å². The molecule has 0 radical (unpaired) electrons. The number of aromatic nitrogens is 2. The predicted octanol–water partition coefficient (Wildman–Crippen LogP) is 5.01. The molecule has 4 rings (SSSR count). The first kappa shape index (κ1) is 22.3. The molecule has 33 heavy (non-hydrogen) atoms. The second-order valence-corrected chi connectivity index (χ2v) is 8.44. The number of nitrogens with one attached hydrogen (secondary N) is 1. The number of carbonyl (C=O) groups excluding carboxylic acids is 2. The number of aryl methyl sites for hydroxylation is 1. The Morgan fingerprint density at radius 1 is 1.06 bits per heavy atom. The van der Waals surface area contributed by atoms with Gasteiger partial charge >= 0.3 is 0 Å². The van der Waals surface area contributed by atoms with E-state index < -0.39 is 23.7 Å². The van der Waals surface area contributed by atoms with Crippen molar-refractivity contribution in [3.63, 3.8) is 0 Å². The highest BCUT2D eigenvalue weighted by atomic mass is 32.1. The lowest BCUT2D eigenvalue weighted by atomic mass is 10.0. The fraction of sp³-hybridized carbons (Fsp3) is 0.120. The average molecular weight is 461 g/mol. The topological polar surface area (TPSA) is 75.2 Å². The Morgan fingerprint density at radius 2 is 1.82 bits per heavy atom. The number of rotatable bonds is 7. The standard InChI is InChI=1S/C25H21FN4O2S/c1-17-4-6-18(7-5-17)23(24(31)29-20-10-8-19(26)9-11-20)30(16-21-3-2-14-33-21)25(32)22-15-27-12-13-28-22/h2-15,23H,16H2,1H3,(H,29,31)/t23-/m1/s1. The van der Waals surface area contributed by atoms with Gasteiger partial charge in [0.2, 0.25) is 0 Å². The lowest BCUT2D eigenvalue weighted by molar-refractivity contribution is -0.121. The maximum absolute atomic E-state index is 13.6. The van der Waals surface area contributed by atoms with Crippen LogP contribution >= 0.6 is 11.3 Å². The Labute approximate surface area is 194 Å². The second-order valence-electron chi connectivity index (χ2n) is 7.41. The van der Waals surface area contributed by atoms with E-state index in [2.05, 4.69) is 15.3 Å². The molecule has 2 heterocycles. The summed E-state index contributed by atoms with van der Waals surface area (Å²) in [6.07, 6.45) is 4.31. The van der Waals surface area contributed by atoms with Gasteiger partial charge in [0.1, 0.15) is 17.6 Å². The summed E-state index contributed by atoms with van der Waals surface area (Å²) in [5.74, 6) is -1.24. The van der Waals surface area contributed by atoms with Crippen molar-refractivity contribution < 1.29 is 14.0 Å². The van der Waals surface area contributed by atoms with Crippen molar-refractivity contribution in [2.24, 2.45) is 0 Å². The predicted molar refractivity (Wildman–Crippen MR) is 125 cm³/mol. The van der Waals surface area contributed by atoms with Gasteiger partial charge in [-0.15, -0.1) is 11.3 Å². The normalized spacial score (nSPS) is 11.6. The molecular weight excluding hydrogens is 439 g/mol. The highest BCUT2D eigenvalue weighted by Gasteiger charge is 2.33. The smallest absolute Gasteiger partial charge is 0.275 e. The summed E-state index contributed by atoms with van der Waals surface area (Å²) >= 11 is 1.49. The number of hydrogen-bond acceptors (Lipinski definition) is 5. The number of nitrogens with zero attached hydrogens (tertiary/aromatic N) is 3. The van der Waals surface area contributed by atoms with Gasteiger partial charge in [-0.05, 0) is 48.2 Å². The molecule has 0 aliphatic rings. The van der Waals surface area contributed by atoms with Crippen LogP contribution in [-0.4, -0.2) is 26.7 Å². The zero-order valence-electron chi connectivity index (χ0n) is 17.8. The second kappa shape index (κ2) is 10.1. The number of benzene rings is 2. The van der Waals surface area contributed by atoms with Crippen molar-refractivity contribution >= 4 is 28.8 Å². The van der Waals surface area contributed by atoms with E-state index in [9.17, 15) is 14.0 Å². The summed E-state index contributed by atoms with van der Waals surface area (Å²) < 4.78 is 13.3. The summed E-state index contributed by atoms with van der Waals surface area (Å²) in [6, 6.07) is 15.8. The minimum Gasteiger partial charge on any atom is -0.324 e. The van der Waals surface area contributed by atoms with Gasteiger partial charge in [0.15, 0.2) is 0 Å². The van der Waals surface area contributed by atoms with Crippen molar-refractivity contribution in [2.75, 3.05) is 5.32 Å². The molecule has 0 fully saturated rings. The van der Waals surface area contributed by atoms with E-state index in [1.54, 1.807) is 0 Å². The molecule has 2 aromatic carbocycles. The Balaban J connectivity index is 1.76. The van der Waals surface area contributed by atoms with Crippen molar-refractivity contribution in [1.29, 1.82) is 0 Å². The SMILES string of the molecule is Cc1ccc([C@H](C(=O)Nc2ccc(F)cc2)N(Cc2cccs2)C(=O)c2cnccn2)cc1. The third-order valence-electron chi connectivity index (χ3n) is 5.01. The first-order valence-electron chi connectivity index (χ1n) is 10.2. The lowest BCUT2D eigenvalue weighted by Gasteiger charge is -2.31. The number of hydrogen-bond donors (Lipinski definition) is 1. The van der Waals surface area contributed by atoms with Crippen LogP contribution in [0.3, 0.4) is 0 Å². The third kappa shape index (κ3) is 5.48. The highest BCUT2D eigenvalue weighted by Crippen LogP contribution is 2.28. The van der Waals surface area contributed by atoms with Gasteiger partial charge in [0.25, 0.3) is 11.8 Å². The zero-order chi connectivity index (χ0) is 23.2. The van der Waals surface area contributed by atoms with Crippen LogP contribution < -0.4 is 5.32 Å². The molecule has 0 saturated heterocycles. The average Bonchev–Trinajstić information content (AvgIpc) is 3.35. The van der Waals surface area contributed by atoms with Crippen LogP contribution in [0, 0.1) is 12.7 Å². The van der Waals surface area contributed by atoms with Crippen LogP contribution in [-0.2, 0) is 11.3 Å². The monoisotopic (exact) mass is 460 g/mol. The zero-order valence-corrected chi connectivity index (χ0v) is 18.6. The molecule has 0 saturated carbocycles. The van der Waals surface area contributed by atoms with Crippen molar-refractivity contribution in [2.45, 2.75) is 19.5 Å². The molecule has 166 valence electrons. The van der Waals surface area contributed by atoms with Gasteiger partial charge in [-0.1, -0.05) is 35.9 Å². The van der Waals surface area contributed by atoms with E-state index in [4.69, 9.17) is 0 Å². The Bertz CT molecular complexity index is 1210. The van der Waals surface area contributed by atoms with Gasteiger partial charge in [0, 0.05) is 23.0 Å². The molecule has 2 aromatic heterocycles. The summed E-state index contributed by atoms with van der Waals surface area (Å²) in [7, 11) is 0. The maximum Gasteiger partial charge on any atom is 0.275 e. The molecule has 0 aliphatic heterocycles. The first-order valence-corrected chi connectivity index (χ1v) is 11.1. The quantitative estimate of drug-likeness (QED) is 0.421. The molecular formula is C25H21FN4O2S. The van der Waals surface area contributed by atoms with E-state index in [0.29, 0.717) is 11.3 Å². The first-order chi connectivity index (χ1) is 16.0. The molecule has 1 N–H and O–H groups in total. The van der Waals surface area contributed by atoms with Crippen LogP contribution in [0.25, 0.3) is 0 Å². The summed E-state index contributed by atoms with van der Waals surface area (Å²) in [6.45, 7) is 2.16. The van der Waals surface area contributed by atoms with Gasteiger partial charge < -0.3 is 10.2 Å². The number of carbonyl (C=O) groups is 2. The van der Waals surface area contributed by atoms with Crippen LogP contribution in [0.15, 0.2) is 84.6 Å². The number of amides is 2. The van der Waals surface area contributed by atoms with E-state index in [-0.39, 0.29) is 12.2 Å². The summed E-state index contributed by atoms with van der Waals surface area (Å²) in [4.78, 5) is 37.7. The number of halogens is 1. The Hall–Kier alpha value is -3.91. The molecule has 0 unspecified atom stereocenters. The minimum absolute atomic E-state index is 0.140. The summed E-state index contributed by atoms with van der Waals surface area (Å²) in [5, 5.41) is 4.73. The van der Waals surface area contributed by atoms with E-state index in [0.717, 1.165) is 10.4 Å². The molecule has 2 amide bonds. The van der Waals surface area contributed by atoms with E-state index in [1.165, 1.54) is 59.1 Å². The third-order valence-corrected chi connectivity index (χ3v) is 5.88. The van der Waals surface area contributed by atoms with Gasteiger partial charge in [-0.2, -0.15) is 0 Å². The van der Waals surface area contributed by atoms with Gasteiger partial charge in [-0.3, -0.25) is 14.6 Å². The fourth-order valence-corrected chi connectivity index (χ4v) is 4.08. The minimum atomic E-state index is -0.952.